The van der Waals surface area contributed by atoms with Gasteiger partial charge in [-0.2, -0.15) is 5.11 Å². The van der Waals surface area contributed by atoms with Crippen LogP contribution in [0.1, 0.15) is 19.4 Å². The summed E-state index contributed by atoms with van der Waals surface area (Å²) in [7, 11) is 0. The molecule has 2 nitrogen and oxygen atoms in total. The zero-order valence-electron chi connectivity index (χ0n) is 8.20. The van der Waals surface area contributed by atoms with E-state index in [1.165, 1.54) is 5.56 Å². The van der Waals surface area contributed by atoms with Crippen molar-refractivity contribution in [3.63, 3.8) is 0 Å². The first kappa shape index (κ1) is 7.92. The molecule has 0 aliphatic rings. The van der Waals surface area contributed by atoms with Crippen LogP contribution in [0.4, 0.5) is 5.69 Å². The van der Waals surface area contributed by atoms with Gasteiger partial charge in [-0.3, -0.25) is 0 Å². The molecule has 0 saturated carbocycles. The Hall–Kier alpha value is -1.18. The van der Waals surface area contributed by atoms with E-state index in [1.807, 2.05) is 45.0 Å². The van der Waals surface area contributed by atoms with E-state index in [4.69, 9.17) is 1.41 Å². The molecular weight excluding hydrogens is 136 g/mol. The highest BCUT2D eigenvalue weighted by Gasteiger charge is 1.84. The van der Waals surface area contributed by atoms with Crippen molar-refractivity contribution in [1.82, 2.24) is 0 Å². The van der Waals surface area contributed by atoms with Gasteiger partial charge in [-0.15, -0.1) is 0 Å². The lowest BCUT2D eigenvalue weighted by Gasteiger charge is -1.89. The van der Waals surface area contributed by atoms with Crippen LogP contribution in [0.5, 0.6) is 0 Å². The SMILES string of the molecule is CC.[2H]N=Nc1ccc(C)cc1. The highest BCUT2D eigenvalue weighted by molar-refractivity contribution is 5.37. The van der Waals surface area contributed by atoms with Crippen LogP contribution in [0.15, 0.2) is 29.4 Å². The van der Waals surface area contributed by atoms with Gasteiger partial charge < -0.3 is 0 Å². The molecule has 1 aromatic rings. The number of benzene rings is 1. The Kier molecular flexibility index (Phi) is 4.03. The number of aryl methyl sites for hydroxylation is 1. The third kappa shape index (κ3) is 3.50. The highest BCUT2D eigenvalue weighted by atomic mass is 14.9. The van der Waals surface area contributed by atoms with Crippen LogP contribution in [0.25, 0.3) is 0 Å². The van der Waals surface area contributed by atoms with Crippen LogP contribution in [0.3, 0.4) is 0 Å². The van der Waals surface area contributed by atoms with Crippen LogP contribution in [-0.2, 0) is 0 Å². The first-order valence-electron chi connectivity index (χ1n) is 4.19. The lowest BCUT2D eigenvalue weighted by atomic mass is 10.2. The summed E-state index contributed by atoms with van der Waals surface area (Å²) in [6.45, 7) is 6.00. The molecule has 0 spiro atoms. The summed E-state index contributed by atoms with van der Waals surface area (Å²) in [5.41, 5.74) is 4.82. The van der Waals surface area contributed by atoms with Crippen LogP contribution in [0.2, 0.25) is 1.41 Å². The van der Waals surface area contributed by atoms with E-state index in [9.17, 15) is 0 Å². The number of hydrogen-bond donors (Lipinski definition) is 1. The predicted octanol–water partition coefficient (Wildman–Crippen LogP) is 3.68. The van der Waals surface area contributed by atoms with Crippen LogP contribution in [-0.4, -0.2) is 0 Å². The number of rotatable bonds is 1. The van der Waals surface area contributed by atoms with Gasteiger partial charge in [0.2, 0.25) is 1.41 Å². The second-order valence-corrected chi connectivity index (χ2v) is 1.94. The maximum absolute atomic E-state index is 6.45. The molecule has 60 valence electrons. The summed E-state index contributed by atoms with van der Waals surface area (Å²) in [6, 6.07) is 7.52. The van der Waals surface area contributed by atoms with Gasteiger partial charge in [0.25, 0.3) is 0 Å². The maximum atomic E-state index is 6.45. The molecule has 0 atom stereocenters. The fourth-order valence-electron chi connectivity index (χ4n) is 0.611. The van der Waals surface area contributed by atoms with Gasteiger partial charge in [-0.1, -0.05) is 31.5 Å². The summed E-state index contributed by atoms with van der Waals surface area (Å²) >= 11 is 0. The molecular formula is C9H14N2. The molecule has 0 saturated heterocycles. The van der Waals surface area contributed by atoms with Gasteiger partial charge in [0.1, 0.15) is 0 Å². The molecule has 0 radical (unpaired) electrons. The van der Waals surface area contributed by atoms with E-state index in [-0.39, 0.29) is 0 Å². The van der Waals surface area contributed by atoms with Crippen LogP contribution in [0, 0.1) is 12.4 Å². The van der Waals surface area contributed by atoms with Gasteiger partial charge >= 0.3 is 0 Å². The minimum atomic E-state index is 0.723. The third-order valence-corrected chi connectivity index (χ3v) is 1.15. The van der Waals surface area contributed by atoms with Crippen molar-refractivity contribution in [3.8, 4) is 0 Å². The fourth-order valence-corrected chi connectivity index (χ4v) is 0.611. The van der Waals surface area contributed by atoms with E-state index in [0.717, 1.165) is 5.69 Å². The molecule has 2 heteroatoms. The monoisotopic (exact) mass is 151 g/mol. The van der Waals surface area contributed by atoms with Crippen molar-refractivity contribution in [1.29, 1.82) is 5.52 Å². The van der Waals surface area contributed by atoms with E-state index in [2.05, 4.69) is 10.6 Å². The van der Waals surface area contributed by atoms with Gasteiger partial charge in [-0.05, 0) is 19.1 Å². The summed E-state index contributed by atoms with van der Waals surface area (Å²) in [5.74, 6) is 0. The van der Waals surface area contributed by atoms with Gasteiger partial charge in [0.15, 0.2) is 0 Å². The van der Waals surface area contributed by atoms with Crippen LogP contribution >= 0.6 is 0 Å². The lowest BCUT2D eigenvalue weighted by Crippen LogP contribution is -1.66. The van der Waals surface area contributed by atoms with Crippen LogP contribution < -0.4 is 0 Å². The molecule has 0 bridgehead atoms. The number of nitrogens with one attached hydrogen (secondary N) is 1. The lowest BCUT2D eigenvalue weighted by molar-refractivity contribution is 1.15. The Morgan fingerprint density at radius 1 is 1.27 bits per heavy atom. The Labute approximate surface area is 69.2 Å². The van der Waals surface area contributed by atoms with Crippen molar-refractivity contribution in [2.75, 3.05) is 0 Å². The second kappa shape index (κ2) is 5.59. The Morgan fingerprint density at radius 2 is 1.82 bits per heavy atom. The van der Waals surface area contributed by atoms with Crippen molar-refractivity contribution in [2.45, 2.75) is 20.8 Å². The molecule has 0 aliphatic heterocycles. The molecule has 0 unspecified atom stereocenters. The van der Waals surface area contributed by atoms with Gasteiger partial charge in [-0.25, -0.2) is 5.52 Å². The normalized spacial score (nSPS) is 10.3. The Bertz CT molecular complexity index is 229. The summed E-state index contributed by atoms with van der Waals surface area (Å²) in [6.07, 6.45) is 0. The molecule has 11 heavy (non-hydrogen) atoms. The van der Waals surface area contributed by atoms with Gasteiger partial charge in [0.05, 0.1) is 5.69 Å². The number of hydrogen-bond acceptors (Lipinski definition) is 2. The standard InChI is InChI=1S/C7H8N2.C2H6/c1-6-2-4-7(9-8)5-3-6;1-2/h2-5,8H,1H3;1-2H3/i/hD. The molecule has 0 aromatic heterocycles. The molecule has 1 rings (SSSR count). The smallest absolute Gasteiger partial charge is 0.204 e. The topological polar surface area (TPSA) is 36.2 Å². The third-order valence-electron chi connectivity index (χ3n) is 1.15. The first-order valence-corrected chi connectivity index (χ1v) is 3.74. The fraction of sp³-hybridized carbons (Fsp3) is 0.333. The van der Waals surface area contributed by atoms with Crippen molar-refractivity contribution in [3.05, 3.63) is 29.8 Å². The molecule has 0 fully saturated rings. The minimum Gasteiger partial charge on any atom is -0.204 e. The van der Waals surface area contributed by atoms with E-state index in [0.29, 0.717) is 0 Å². The predicted molar refractivity (Wildman–Crippen MR) is 47.3 cm³/mol. The van der Waals surface area contributed by atoms with E-state index < -0.39 is 0 Å². The van der Waals surface area contributed by atoms with Gasteiger partial charge in [0, 0.05) is 0 Å². The highest BCUT2D eigenvalue weighted by Crippen LogP contribution is 2.10. The van der Waals surface area contributed by atoms with Crippen molar-refractivity contribution >= 4 is 5.69 Å². The average molecular weight is 151 g/mol. The summed E-state index contributed by atoms with van der Waals surface area (Å²) in [5, 5.41) is 3.54. The maximum Gasteiger partial charge on any atom is 0.214 e. The van der Waals surface area contributed by atoms with E-state index in [1.54, 1.807) is 0 Å². The molecule has 0 heterocycles. The second-order valence-electron chi connectivity index (χ2n) is 1.94. The largest absolute Gasteiger partial charge is 0.214 e. The van der Waals surface area contributed by atoms with Crippen molar-refractivity contribution < 1.29 is 1.41 Å². The van der Waals surface area contributed by atoms with E-state index >= 15 is 0 Å². The Morgan fingerprint density at radius 3 is 2.27 bits per heavy atom. The molecule has 1 N–H and O–H groups in total. The Balaban J connectivity index is 0.000000561. The molecule has 1 aromatic carbocycles. The summed E-state index contributed by atoms with van der Waals surface area (Å²) in [4.78, 5) is 0. The first-order chi connectivity index (χ1) is 5.83. The molecule has 0 aliphatic carbocycles. The quantitative estimate of drug-likeness (QED) is 0.594. The zero-order chi connectivity index (χ0) is 9.40. The summed E-state index contributed by atoms with van der Waals surface area (Å²) < 4.78 is 6.45. The average Bonchev–Trinajstić information content (AvgIpc) is 2.13. The van der Waals surface area contributed by atoms with Crippen molar-refractivity contribution in [2.24, 2.45) is 5.11 Å². The molecule has 0 amide bonds. The zero-order valence-corrected chi connectivity index (χ0v) is 7.20. The number of nitrogens with zero attached hydrogens (tertiary/aromatic N) is 1. The minimum absolute atomic E-state index is 0.723.